The van der Waals surface area contributed by atoms with Gasteiger partial charge in [0.25, 0.3) is 0 Å². The minimum Gasteiger partial charge on any atom is -0.380 e. The molecule has 1 N–H and O–H groups in total. The third-order valence-corrected chi connectivity index (χ3v) is 3.21. The van der Waals surface area contributed by atoms with Crippen LogP contribution in [0.15, 0.2) is 36.7 Å². The van der Waals surface area contributed by atoms with Gasteiger partial charge in [0.1, 0.15) is 0 Å². The monoisotopic (exact) mass is 262 g/mol. The van der Waals surface area contributed by atoms with Gasteiger partial charge in [-0.2, -0.15) is 0 Å². The van der Waals surface area contributed by atoms with E-state index >= 15 is 0 Å². The highest BCUT2D eigenvalue weighted by Crippen LogP contribution is 2.23. The predicted molar refractivity (Wildman–Crippen MR) is 78.2 cm³/mol. The zero-order valence-corrected chi connectivity index (χ0v) is 11.7. The second-order valence-electron chi connectivity index (χ2n) is 4.59. The van der Waals surface area contributed by atoms with Crippen molar-refractivity contribution in [3.63, 3.8) is 0 Å². The zero-order valence-electron chi connectivity index (χ0n) is 10.9. The molecular formula is C15H19ClN2. The first-order valence-corrected chi connectivity index (χ1v) is 6.71. The first-order valence-electron chi connectivity index (χ1n) is 6.33. The van der Waals surface area contributed by atoms with Gasteiger partial charge in [-0.15, -0.1) is 0 Å². The zero-order chi connectivity index (χ0) is 13.0. The summed E-state index contributed by atoms with van der Waals surface area (Å²) in [5.41, 5.74) is 3.45. The summed E-state index contributed by atoms with van der Waals surface area (Å²) >= 11 is 6.18. The number of aryl methyl sites for hydroxylation is 2. The molecule has 0 atom stereocenters. The highest BCUT2D eigenvalue weighted by Gasteiger charge is 2.01. The maximum atomic E-state index is 6.18. The third kappa shape index (κ3) is 3.30. The van der Waals surface area contributed by atoms with Crippen LogP contribution in [0.25, 0.3) is 0 Å². The summed E-state index contributed by atoms with van der Waals surface area (Å²) in [5, 5.41) is 4.15. The molecule has 0 spiro atoms. The normalized spacial score (nSPS) is 10.6. The van der Waals surface area contributed by atoms with Crippen molar-refractivity contribution in [3.05, 3.63) is 52.8 Å². The lowest BCUT2D eigenvalue weighted by Gasteiger charge is -2.08. The second kappa shape index (κ2) is 5.96. The molecule has 2 rings (SSSR count). The molecule has 2 aromatic rings. The van der Waals surface area contributed by atoms with E-state index in [1.807, 2.05) is 19.1 Å². The van der Waals surface area contributed by atoms with Crippen molar-refractivity contribution >= 4 is 17.3 Å². The molecule has 0 unspecified atom stereocenters. The fraction of sp³-hybridized carbons (Fsp3) is 0.333. The quantitative estimate of drug-likeness (QED) is 0.841. The molecule has 0 saturated heterocycles. The Balaban J connectivity index is 1.97. The van der Waals surface area contributed by atoms with Crippen molar-refractivity contribution < 1.29 is 0 Å². The lowest BCUT2D eigenvalue weighted by Crippen LogP contribution is -1.99. The van der Waals surface area contributed by atoms with Crippen LogP contribution < -0.4 is 5.32 Å². The van der Waals surface area contributed by atoms with Gasteiger partial charge in [0, 0.05) is 25.5 Å². The Labute approximate surface area is 114 Å². The SMILES string of the molecule is CCCn1ccc(CNc2ccc(C)cc2Cl)c1. The lowest BCUT2D eigenvalue weighted by atomic mass is 10.2. The van der Waals surface area contributed by atoms with Crippen molar-refractivity contribution in [1.29, 1.82) is 0 Å². The van der Waals surface area contributed by atoms with E-state index in [2.05, 4.69) is 41.3 Å². The van der Waals surface area contributed by atoms with Gasteiger partial charge in [-0.1, -0.05) is 24.6 Å². The Morgan fingerprint density at radius 1 is 1.28 bits per heavy atom. The lowest BCUT2D eigenvalue weighted by molar-refractivity contribution is 0.682. The number of aromatic nitrogens is 1. The Bertz CT molecular complexity index is 517. The maximum Gasteiger partial charge on any atom is 0.0640 e. The molecule has 0 aliphatic heterocycles. The highest BCUT2D eigenvalue weighted by atomic mass is 35.5. The average molecular weight is 263 g/mol. The molecule has 1 aromatic heterocycles. The van der Waals surface area contributed by atoms with Crippen molar-refractivity contribution in [2.45, 2.75) is 33.4 Å². The van der Waals surface area contributed by atoms with Crippen LogP contribution in [0.1, 0.15) is 24.5 Å². The van der Waals surface area contributed by atoms with Gasteiger partial charge < -0.3 is 9.88 Å². The van der Waals surface area contributed by atoms with E-state index in [0.717, 1.165) is 30.2 Å². The Hall–Kier alpha value is -1.41. The Kier molecular flexibility index (Phi) is 4.32. The molecule has 0 aliphatic carbocycles. The van der Waals surface area contributed by atoms with E-state index < -0.39 is 0 Å². The summed E-state index contributed by atoms with van der Waals surface area (Å²) in [6.07, 6.45) is 5.46. The Morgan fingerprint density at radius 2 is 2.11 bits per heavy atom. The van der Waals surface area contributed by atoms with Crippen LogP contribution in [0.2, 0.25) is 5.02 Å². The number of benzene rings is 1. The summed E-state index contributed by atoms with van der Waals surface area (Å²) in [4.78, 5) is 0. The molecule has 18 heavy (non-hydrogen) atoms. The standard InChI is InChI=1S/C15H19ClN2/c1-3-7-18-8-6-13(11-18)10-17-15-5-4-12(2)9-14(15)16/h4-6,8-9,11,17H,3,7,10H2,1-2H3. The minimum atomic E-state index is 0.781. The molecule has 0 fully saturated rings. The largest absolute Gasteiger partial charge is 0.380 e. The fourth-order valence-electron chi connectivity index (χ4n) is 1.95. The summed E-state index contributed by atoms with van der Waals surface area (Å²) < 4.78 is 2.22. The van der Waals surface area contributed by atoms with Gasteiger partial charge in [-0.3, -0.25) is 0 Å². The van der Waals surface area contributed by atoms with Crippen molar-refractivity contribution in [1.82, 2.24) is 4.57 Å². The van der Waals surface area contributed by atoms with E-state index in [9.17, 15) is 0 Å². The van der Waals surface area contributed by atoms with Crippen LogP contribution >= 0.6 is 11.6 Å². The number of hydrogen-bond donors (Lipinski definition) is 1. The highest BCUT2D eigenvalue weighted by molar-refractivity contribution is 6.33. The molecule has 1 aromatic carbocycles. The number of anilines is 1. The summed E-state index contributed by atoms with van der Waals surface area (Å²) in [6, 6.07) is 8.22. The number of hydrogen-bond acceptors (Lipinski definition) is 1. The van der Waals surface area contributed by atoms with E-state index in [-0.39, 0.29) is 0 Å². The van der Waals surface area contributed by atoms with Crippen LogP contribution in [0.3, 0.4) is 0 Å². The molecule has 2 nitrogen and oxygen atoms in total. The molecule has 0 saturated carbocycles. The molecule has 0 aliphatic rings. The van der Waals surface area contributed by atoms with Gasteiger partial charge in [0.05, 0.1) is 10.7 Å². The van der Waals surface area contributed by atoms with Gasteiger partial charge in [-0.05, 0) is 42.7 Å². The molecule has 0 amide bonds. The smallest absolute Gasteiger partial charge is 0.0640 e. The molecule has 3 heteroatoms. The van der Waals surface area contributed by atoms with Crippen molar-refractivity contribution in [2.75, 3.05) is 5.32 Å². The average Bonchev–Trinajstić information content (AvgIpc) is 2.76. The molecule has 0 radical (unpaired) electrons. The second-order valence-corrected chi connectivity index (χ2v) is 5.00. The van der Waals surface area contributed by atoms with Crippen LogP contribution in [0.5, 0.6) is 0 Å². The molecule has 96 valence electrons. The van der Waals surface area contributed by atoms with Gasteiger partial charge in [0.2, 0.25) is 0 Å². The van der Waals surface area contributed by atoms with Gasteiger partial charge in [0.15, 0.2) is 0 Å². The van der Waals surface area contributed by atoms with Crippen molar-refractivity contribution in [2.24, 2.45) is 0 Å². The van der Waals surface area contributed by atoms with E-state index in [0.29, 0.717) is 0 Å². The number of rotatable bonds is 5. The van der Waals surface area contributed by atoms with E-state index in [1.54, 1.807) is 0 Å². The number of nitrogens with one attached hydrogen (secondary N) is 1. The van der Waals surface area contributed by atoms with Gasteiger partial charge in [-0.25, -0.2) is 0 Å². The molecule has 0 bridgehead atoms. The van der Waals surface area contributed by atoms with Crippen LogP contribution in [0.4, 0.5) is 5.69 Å². The number of halogens is 1. The van der Waals surface area contributed by atoms with Crippen LogP contribution in [0, 0.1) is 6.92 Å². The summed E-state index contributed by atoms with van der Waals surface area (Å²) in [7, 11) is 0. The first kappa shape index (κ1) is 13.0. The third-order valence-electron chi connectivity index (χ3n) is 2.90. The topological polar surface area (TPSA) is 17.0 Å². The summed E-state index contributed by atoms with van der Waals surface area (Å²) in [6.45, 7) is 6.11. The minimum absolute atomic E-state index is 0.781. The maximum absolute atomic E-state index is 6.18. The van der Waals surface area contributed by atoms with Crippen LogP contribution in [-0.4, -0.2) is 4.57 Å². The molecule has 1 heterocycles. The van der Waals surface area contributed by atoms with Crippen LogP contribution in [-0.2, 0) is 13.1 Å². The first-order chi connectivity index (χ1) is 8.69. The Morgan fingerprint density at radius 3 is 2.83 bits per heavy atom. The van der Waals surface area contributed by atoms with E-state index in [1.165, 1.54) is 11.1 Å². The predicted octanol–water partition coefficient (Wildman–Crippen LogP) is 4.47. The fourth-order valence-corrected chi connectivity index (χ4v) is 2.26. The van der Waals surface area contributed by atoms with Gasteiger partial charge >= 0.3 is 0 Å². The molecular weight excluding hydrogens is 244 g/mol. The number of nitrogens with zero attached hydrogens (tertiary/aromatic N) is 1. The van der Waals surface area contributed by atoms with Crippen molar-refractivity contribution in [3.8, 4) is 0 Å². The summed E-state index contributed by atoms with van der Waals surface area (Å²) in [5.74, 6) is 0. The van der Waals surface area contributed by atoms with E-state index in [4.69, 9.17) is 11.6 Å².